The first-order chi connectivity index (χ1) is 6.59. The number of nitrogens with zero attached hydrogens (tertiary/aromatic N) is 1. The molecule has 4 atom stereocenters. The summed E-state index contributed by atoms with van der Waals surface area (Å²) in [5, 5.41) is 12.7. The van der Waals surface area contributed by atoms with Crippen LogP contribution in [0.5, 0.6) is 0 Å². The van der Waals surface area contributed by atoms with Gasteiger partial charge in [-0.3, -0.25) is 9.69 Å². The molecule has 0 aliphatic carbocycles. The maximum Gasteiger partial charge on any atom is 0.217 e. The van der Waals surface area contributed by atoms with Crippen molar-refractivity contribution in [1.82, 2.24) is 10.2 Å². The van der Waals surface area contributed by atoms with E-state index in [9.17, 15) is 9.90 Å². The first-order valence-corrected chi connectivity index (χ1v) is 5.26. The first-order valence-electron chi connectivity index (χ1n) is 5.26. The number of carbonyl (C=O) groups is 1. The highest BCUT2D eigenvalue weighted by Crippen LogP contribution is 2.34. The lowest BCUT2D eigenvalue weighted by molar-refractivity contribution is -0.122. The van der Waals surface area contributed by atoms with E-state index in [1.165, 1.54) is 6.92 Å². The average Bonchev–Trinajstić information content (AvgIpc) is 2.34. The van der Waals surface area contributed by atoms with Gasteiger partial charge >= 0.3 is 0 Å². The van der Waals surface area contributed by atoms with E-state index in [1.54, 1.807) is 0 Å². The first kappa shape index (κ1) is 9.93. The highest BCUT2D eigenvalue weighted by atomic mass is 16.3. The van der Waals surface area contributed by atoms with Crippen LogP contribution in [0.25, 0.3) is 0 Å². The Morgan fingerprint density at radius 3 is 2.86 bits per heavy atom. The summed E-state index contributed by atoms with van der Waals surface area (Å²) in [6, 6.07) is 0.768. The number of hydrogen-bond acceptors (Lipinski definition) is 3. The smallest absolute Gasteiger partial charge is 0.217 e. The lowest BCUT2D eigenvalue weighted by atomic mass is 9.95. The second kappa shape index (κ2) is 3.51. The van der Waals surface area contributed by atoms with E-state index >= 15 is 0 Å². The number of rotatable bonds is 1. The predicted octanol–water partition coefficient (Wildman–Crippen LogP) is -0.282. The summed E-state index contributed by atoms with van der Waals surface area (Å²) >= 11 is 0. The van der Waals surface area contributed by atoms with Crippen LogP contribution in [0.1, 0.15) is 26.2 Å². The van der Waals surface area contributed by atoms with Crippen molar-refractivity contribution in [1.29, 1.82) is 0 Å². The van der Waals surface area contributed by atoms with Gasteiger partial charge in [-0.2, -0.15) is 0 Å². The molecule has 2 N–H and O–H groups in total. The Bertz CT molecular complexity index is 244. The van der Waals surface area contributed by atoms with E-state index in [0.29, 0.717) is 12.1 Å². The molecule has 2 fully saturated rings. The Hall–Kier alpha value is -0.610. The summed E-state index contributed by atoms with van der Waals surface area (Å²) in [5.74, 6) is -0.0483. The van der Waals surface area contributed by atoms with Crippen LogP contribution >= 0.6 is 0 Å². The molecule has 2 saturated heterocycles. The zero-order chi connectivity index (χ0) is 10.3. The molecule has 0 aromatic heterocycles. The van der Waals surface area contributed by atoms with Crippen LogP contribution in [0, 0.1) is 0 Å². The van der Waals surface area contributed by atoms with E-state index in [0.717, 1.165) is 19.3 Å². The van der Waals surface area contributed by atoms with Gasteiger partial charge in [-0.1, -0.05) is 0 Å². The second-order valence-corrected chi connectivity index (χ2v) is 4.49. The highest BCUT2D eigenvalue weighted by Gasteiger charge is 2.45. The average molecular weight is 198 g/mol. The molecule has 2 bridgehead atoms. The molecular formula is C10H18N2O2. The molecule has 4 heteroatoms. The Morgan fingerprint density at radius 1 is 1.50 bits per heavy atom. The highest BCUT2D eigenvalue weighted by molar-refractivity contribution is 5.73. The third-order valence-electron chi connectivity index (χ3n) is 3.61. The fourth-order valence-corrected chi connectivity index (χ4v) is 2.87. The minimum Gasteiger partial charge on any atom is -0.391 e. The molecule has 2 aliphatic rings. The molecular weight excluding hydrogens is 180 g/mol. The SMILES string of the molecule is CC(=O)NC1C(O)CC2CCC1N2C. The summed E-state index contributed by atoms with van der Waals surface area (Å²) in [4.78, 5) is 13.3. The number of aliphatic hydroxyl groups is 1. The minimum atomic E-state index is -0.368. The summed E-state index contributed by atoms with van der Waals surface area (Å²) in [6.45, 7) is 1.51. The molecule has 14 heavy (non-hydrogen) atoms. The van der Waals surface area contributed by atoms with Crippen molar-refractivity contribution < 1.29 is 9.90 Å². The standard InChI is InChI=1S/C10H18N2O2/c1-6(13)11-10-8-4-3-7(12(8)2)5-9(10)14/h7-10,14H,3-5H2,1-2H3,(H,11,13). The fourth-order valence-electron chi connectivity index (χ4n) is 2.87. The van der Waals surface area contributed by atoms with Crippen LogP contribution in [0.15, 0.2) is 0 Å². The number of aliphatic hydroxyl groups excluding tert-OH is 1. The minimum absolute atomic E-state index is 0.0483. The van der Waals surface area contributed by atoms with Gasteiger partial charge in [0, 0.05) is 19.0 Å². The molecule has 0 radical (unpaired) electrons. The topological polar surface area (TPSA) is 52.6 Å². The summed E-state index contributed by atoms with van der Waals surface area (Å²) in [6.07, 6.45) is 2.66. The van der Waals surface area contributed by atoms with Crippen molar-refractivity contribution in [2.24, 2.45) is 0 Å². The van der Waals surface area contributed by atoms with E-state index in [1.807, 2.05) is 0 Å². The monoisotopic (exact) mass is 198 g/mol. The van der Waals surface area contributed by atoms with Crippen molar-refractivity contribution in [2.45, 2.75) is 50.4 Å². The number of piperidine rings is 1. The Labute approximate surface area is 84.3 Å². The Kier molecular flexibility index (Phi) is 2.49. The number of nitrogens with one attached hydrogen (secondary N) is 1. The van der Waals surface area contributed by atoms with Crippen LogP contribution in [0.3, 0.4) is 0 Å². The number of fused-ring (bicyclic) bond motifs is 2. The van der Waals surface area contributed by atoms with Gasteiger partial charge in [-0.05, 0) is 26.3 Å². The van der Waals surface area contributed by atoms with Crippen LogP contribution < -0.4 is 5.32 Å². The molecule has 2 rings (SSSR count). The van der Waals surface area contributed by atoms with Crippen LogP contribution in [0.2, 0.25) is 0 Å². The van der Waals surface area contributed by atoms with E-state index in [2.05, 4.69) is 17.3 Å². The molecule has 0 saturated carbocycles. The molecule has 0 spiro atoms. The third-order valence-corrected chi connectivity index (χ3v) is 3.61. The van der Waals surface area contributed by atoms with Gasteiger partial charge in [0.1, 0.15) is 0 Å². The van der Waals surface area contributed by atoms with E-state index in [4.69, 9.17) is 0 Å². The molecule has 4 nitrogen and oxygen atoms in total. The van der Waals surface area contributed by atoms with Gasteiger partial charge in [0.2, 0.25) is 5.91 Å². The van der Waals surface area contributed by atoms with Gasteiger partial charge in [0.15, 0.2) is 0 Å². The van der Waals surface area contributed by atoms with Crippen molar-refractivity contribution >= 4 is 5.91 Å². The van der Waals surface area contributed by atoms with Crippen molar-refractivity contribution in [3.05, 3.63) is 0 Å². The maximum atomic E-state index is 11.0. The number of amides is 1. The second-order valence-electron chi connectivity index (χ2n) is 4.49. The zero-order valence-electron chi connectivity index (χ0n) is 8.73. The molecule has 80 valence electrons. The van der Waals surface area contributed by atoms with Crippen molar-refractivity contribution in [3.8, 4) is 0 Å². The van der Waals surface area contributed by atoms with Gasteiger partial charge in [-0.15, -0.1) is 0 Å². The van der Waals surface area contributed by atoms with Gasteiger partial charge < -0.3 is 10.4 Å². The molecule has 0 aromatic rings. The molecule has 0 aromatic carbocycles. The fraction of sp³-hybridized carbons (Fsp3) is 0.900. The summed E-state index contributed by atoms with van der Waals surface area (Å²) < 4.78 is 0. The van der Waals surface area contributed by atoms with Crippen LogP contribution in [-0.2, 0) is 4.79 Å². The molecule has 4 unspecified atom stereocenters. The van der Waals surface area contributed by atoms with Gasteiger partial charge in [0.25, 0.3) is 0 Å². The summed E-state index contributed by atoms with van der Waals surface area (Å²) in [5.41, 5.74) is 0. The molecule has 2 heterocycles. The van der Waals surface area contributed by atoms with Crippen molar-refractivity contribution in [2.75, 3.05) is 7.05 Å². The Morgan fingerprint density at radius 2 is 2.21 bits per heavy atom. The van der Waals surface area contributed by atoms with Gasteiger partial charge in [-0.25, -0.2) is 0 Å². The van der Waals surface area contributed by atoms with Gasteiger partial charge in [0.05, 0.1) is 12.1 Å². The normalized spacial score (nSPS) is 42.5. The van der Waals surface area contributed by atoms with E-state index < -0.39 is 0 Å². The predicted molar refractivity (Wildman–Crippen MR) is 52.8 cm³/mol. The quantitative estimate of drug-likeness (QED) is 0.609. The third kappa shape index (κ3) is 1.53. The zero-order valence-corrected chi connectivity index (χ0v) is 8.73. The number of likely N-dealkylation sites (N-methyl/N-ethyl adjacent to an activating group) is 1. The van der Waals surface area contributed by atoms with Crippen LogP contribution in [0.4, 0.5) is 0 Å². The number of hydrogen-bond donors (Lipinski definition) is 2. The maximum absolute atomic E-state index is 11.0. The van der Waals surface area contributed by atoms with Crippen molar-refractivity contribution in [3.63, 3.8) is 0 Å². The van der Waals surface area contributed by atoms with E-state index in [-0.39, 0.29) is 18.1 Å². The lowest BCUT2D eigenvalue weighted by Gasteiger charge is -2.40. The van der Waals surface area contributed by atoms with Crippen LogP contribution in [-0.4, -0.2) is 47.2 Å². The summed E-state index contributed by atoms with van der Waals surface area (Å²) in [7, 11) is 2.09. The molecule has 2 aliphatic heterocycles. The lowest BCUT2D eigenvalue weighted by Crippen LogP contribution is -2.59. The largest absolute Gasteiger partial charge is 0.391 e. The molecule has 1 amide bonds. The number of carbonyl (C=O) groups excluding carboxylic acids is 1. The Balaban J connectivity index is 2.10.